The average Bonchev–Trinajstić information content (AvgIpc) is 2.79. The molecule has 7 nitrogen and oxygen atoms in total. The molecule has 0 unspecified atom stereocenters. The molecule has 0 spiro atoms. The van der Waals surface area contributed by atoms with Crippen LogP contribution < -0.4 is 10.1 Å². The number of anilines is 1. The molecule has 1 saturated heterocycles. The monoisotopic (exact) mass is 584 g/mol. The molecule has 2 aromatic carbocycles. The lowest BCUT2D eigenvalue weighted by molar-refractivity contribution is -0.274. The molecular weight excluding hydrogens is 563 g/mol. The minimum atomic E-state index is -5.17. The van der Waals surface area contributed by atoms with Gasteiger partial charge in [-0.1, -0.05) is 36.7 Å². The number of hydrogen-bond donors (Lipinski definition) is 2. The highest BCUT2D eigenvalue weighted by Gasteiger charge is 2.34. The van der Waals surface area contributed by atoms with Crippen LogP contribution in [0.3, 0.4) is 0 Å². The largest absolute Gasteiger partial charge is 0.573 e. The van der Waals surface area contributed by atoms with E-state index in [9.17, 15) is 27.2 Å². The van der Waals surface area contributed by atoms with Crippen LogP contribution in [0.15, 0.2) is 48.7 Å². The van der Waals surface area contributed by atoms with E-state index < -0.39 is 52.7 Å². The number of amides is 1. The molecular formula is C26H22Cl2F4N4O3. The number of nitrogens with zero attached hydrogens (tertiary/aromatic N) is 2. The van der Waals surface area contributed by atoms with Crippen molar-refractivity contribution in [1.82, 2.24) is 9.88 Å². The minimum absolute atomic E-state index is 0. The highest BCUT2D eigenvalue weighted by atomic mass is 35.5. The van der Waals surface area contributed by atoms with Crippen molar-refractivity contribution in [2.45, 2.75) is 26.6 Å². The fraction of sp³-hybridized carbons (Fsp3) is 0.231. The number of carbonyl (C=O) groups excluding carboxylic acids is 2. The molecule has 206 valence electrons. The van der Waals surface area contributed by atoms with E-state index in [1.807, 2.05) is 0 Å². The maximum atomic E-state index is 14.9. The second-order valence-electron chi connectivity index (χ2n) is 8.28. The normalized spacial score (nSPS) is 12.7. The van der Waals surface area contributed by atoms with Crippen LogP contribution in [0.2, 0.25) is 10.0 Å². The summed E-state index contributed by atoms with van der Waals surface area (Å²) in [6.45, 7) is 1.33. The molecule has 2 heterocycles. The van der Waals surface area contributed by atoms with E-state index in [-0.39, 0.29) is 34.7 Å². The predicted molar refractivity (Wildman–Crippen MR) is 140 cm³/mol. The Labute approximate surface area is 231 Å². The zero-order valence-corrected chi connectivity index (χ0v) is 20.8. The number of ketones is 1. The van der Waals surface area contributed by atoms with Gasteiger partial charge >= 0.3 is 6.36 Å². The maximum absolute atomic E-state index is 14.9. The molecule has 0 bridgehead atoms. The number of pyridine rings is 1. The van der Waals surface area contributed by atoms with Gasteiger partial charge in [-0.2, -0.15) is 0 Å². The Morgan fingerprint density at radius 3 is 2.33 bits per heavy atom. The number of alkyl halides is 3. The number of hydrogen-bond acceptors (Lipinski definition) is 5. The third-order valence-corrected chi connectivity index (χ3v) is 6.11. The van der Waals surface area contributed by atoms with Crippen molar-refractivity contribution < 1.29 is 31.9 Å². The number of benzene rings is 2. The minimum Gasteiger partial charge on any atom is -0.405 e. The zero-order chi connectivity index (χ0) is 27.6. The third kappa shape index (κ3) is 7.24. The number of ether oxygens (including phenoxy) is 1. The van der Waals surface area contributed by atoms with Crippen molar-refractivity contribution in [3.63, 3.8) is 0 Å². The quantitative estimate of drug-likeness (QED) is 0.138. The van der Waals surface area contributed by atoms with Gasteiger partial charge in [0.25, 0.3) is 5.91 Å². The summed E-state index contributed by atoms with van der Waals surface area (Å²) in [5.41, 5.74) is -1.04. The SMILES string of the molecule is C.N=C(c1ccc(C(=O)Cc2c(OC(F)(F)F)cc(Cl)cc2C(=O)Nc2ccc(Cl)cn2)c(F)c1)N1CCC1. The first-order chi connectivity index (χ1) is 17.9. The van der Waals surface area contributed by atoms with Crippen LogP contribution in [0.4, 0.5) is 23.4 Å². The first kappa shape index (κ1) is 29.9. The van der Waals surface area contributed by atoms with Gasteiger partial charge in [-0.3, -0.25) is 15.0 Å². The number of carbonyl (C=O) groups is 2. The van der Waals surface area contributed by atoms with E-state index in [0.717, 1.165) is 30.7 Å². The topological polar surface area (TPSA) is 95.4 Å². The van der Waals surface area contributed by atoms with Gasteiger partial charge in [0.15, 0.2) is 5.78 Å². The molecule has 39 heavy (non-hydrogen) atoms. The lowest BCUT2D eigenvalue weighted by Crippen LogP contribution is -2.42. The Kier molecular flexibility index (Phi) is 9.18. The van der Waals surface area contributed by atoms with Crippen LogP contribution >= 0.6 is 23.2 Å². The standard InChI is InChI=1S/C25H18Cl2F4N4O3.CH4/c26-14-3-5-22(33-12-14)34-24(37)18-9-15(27)10-21(38-25(29,30)31)17(18)11-20(36)16-4-2-13(8-19(16)28)23(32)35-6-1-7-35;/h2-5,8-10,12,32H,1,6-7,11H2,(H,33,34,37);1H4. The van der Waals surface area contributed by atoms with Gasteiger partial charge in [0.05, 0.1) is 10.6 Å². The highest BCUT2D eigenvalue weighted by Crippen LogP contribution is 2.34. The second kappa shape index (κ2) is 12.0. The number of likely N-dealkylation sites (tertiary alicyclic amines) is 1. The number of Topliss-reactive ketones (excluding diaryl/α,β-unsaturated/α-hetero) is 1. The Hall–Kier alpha value is -3.70. The first-order valence-corrected chi connectivity index (χ1v) is 11.8. The summed E-state index contributed by atoms with van der Waals surface area (Å²) in [5, 5.41) is 10.5. The van der Waals surface area contributed by atoms with Crippen molar-refractivity contribution >= 4 is 46.5 Å². The van der Waals surface area contributed by atoms with Crippen LogP contribution in [-0.4, -0.2) is 46.9 Å². The highest BCUT2D eigenvalue weighted by molar-refractivity contribution is 6.31. The summed E-state index contributed by atoms with van der Waals surface area (Å²) in [6, 6.07) is 8.21. The van der Waals surface area contributed by atoms with E-state index in [1.54, 1.807) is 4.90 Å². The maximum Gasteiger partial charge on any atom is 0.573 e. The second-order valence-corrected chi connectivity index (χ2v) is 9.15. The van der Waals surface area contributed by atoms with Crippen LogP contribution in [0.5, 0.6) is 5.75 Å². The van der Waals surface area contributed by atoms with Crippen LogP contribution in [0.1, 0.15) is 45.7 Å². The zero-order valence-electron chi connectivity index (χ0n) is 19.3. The Bertz CT molecular complexity index is 1410. The van der Waals surface area contributed by atoms with Crippen LogP contribution in [0, 0.1) is 11.2 Å². The van der Waals surface area contributed by atoms with Crippen molar-refractivity contribution in [3.8, 4) is 5.75 Å². The number of halogens is 6. The Morgan fingerprint density at radius 1 is 1.05 bits per heavy atom. The van der Waals surface area contributed by atoms with Gasteiger partial charge in [-0.05, 0) is 42.8 Å². The number of nitrogens with one attached hydrogen (secondary N) is 2. The summed E-state index contributed by atoms with van der Waals surface area (Å²) in [6.07, 6.45) is -3.84. The van der Waals surface area contributed by atoms with E-state index in [1.165, 1.54) is 24.4 Å². The molecule has 1 aromatic heterocycles. The summed E-state index contributed by atoms with van der Waals surface area (Å²) in [7, 11) is 0. The van der Waals surface area contributed by atoms with Crippen molar-refractivity contribution in [2.75, 3.05) is 18.4 Å². The molecule has 0 aliphatic carbocycles. The van der Waals surface area contributed by atoms with E-state index in [2.05, 4.69) is 15.0 Å². The van der Waals surface area contributed by atoms with Gasteiger partial charge in [0.1, 0.15) is 23.2 Å². The predicted octanol–water partition coefficient (Wildman–Crippen LogP) is 6.77. The van der Waals surface area contributed by atoms with E-state index >= 15 is 0 Å². The lowest BCUT2D eigenvalue weighted by Gasteiger charge is -2.33. The van der Waals surface area contributed by atoms with Crippen LogP contribution in [0.25, 0.3) is 0 Å². The fourth-order valence-corrected chi connectivity index (χ4v) is 4.03. The first-order valence-electron chi connectivity index (χ1n) is 11.1. The Morgan fingerprint density at radius 2 is 1.77 bits per heavy atom. The molecule has 13 heteroatoms. The summed E-state index contributed by atoms with van der Waals surface area (Å²) in [5.74, 6) is -3.57. The van der Waals surface area contributed by atoms with Gasteiger partial charge in [0, 0.05) is 47.4 Å². The van der Waals surface area contributed by atoms with Crippen molar-refractivity contribution in [1.29, 1.82) is 5.41 Å². The molecule has 0 saturated carbocycles. The molecule has 1 amide bonds. The number of rotatable bonds is 7. The van der Waals surface area contributed by atoms with Crippen molar-refractivity contribution in [3.05, 3.63) is 86.8 Å². The summed E-state index contributed by atoms with van der Waals surface area (Å²) < 4.78 is 58.4. The lowest BCUT2D eigenvalue weighted by atomic mass is 9.96. The smallest absolute Gasteiger partial charge is 0.405 e. The summed E-state index contributed by atoms with van der Waals surface area (Å²) >= 11 is 11.7. The van der Waals surface area contributed by atoms with E-state index in [0.29, 0.717) is 13.1 Å². The van der Waals surface area contributed by atoms with Gasteiger partial charge < -0.3 is 15.0 Å². The molecule has 1 aliphatic rings. The number of aromatic nitrogens is 1. The molecule has 0 radical (unpaired) electrons. The van der Waals surface area contributed by atoms with Gasteiger partial charge in [-0.25, -0.2) is 9.37 Å². The third-order valence-electron chi connectivity index (χ3n) is 5.67. The molecule has 1 aliphatic heterocycles. The summed E-state index contributed by atoms with van der Waals surface area (Å²) in [4.78, 5) is 31.7. The average molecular weight is 585 g/mol. The van der Waals surface area contributed by atoms with Gasteiger partial charge in [-0.15, -0.1) is 13.2 Å². The number of amidine groups is 1. The van der Waals surface area contributed by atoms with E-state index in [4.69, 9.17) is 28.6 Å². The Balaban J connectivity index is 0.00000420. The fourth-order valence-electron chi connectivity index (χ4n) is 3.71. The van der Waals surface area contributed by atoms with Crippen LogP contribution in [-0.2, 0) is 6.42 Å². The molecule has 4 rings (SSSR count). The molecule has 0 atom stereocenters. The van der Waals surface area contributed by atoms with Crippen molar-refractivity contribution in [2.24, 2.45) is 0 Å². The molecule has 2 N–H and O–H groups in total. The molecule has 1 fully saturated rings. The molecule has 3 aromatic rings. The van der Waals surface area contributed by atoms with Gasteiger partial charge in [0.2, 0.25) is 0 Å².